The lowest BCUT2D eigenvalue weighted by Crippen LogP contribution is -2.39. The van der Waals surface area contributed by atoms with Crippen molar-refractivity contribution in [2.24, 2.45) is 0 Å². The fourth-order valence-electron chi connectivity index (χ4n) is 3.48. The van der Waals surface area contributed by atoms with Gasteiger partial charge in [0.05, 0.1) is 17.1 Å². The lowest BCUT2D eigenvalue weighted by Gasteiger charge is -2.25. The first-order chi connectivity index (χ1) is 12.1. The number of aromatic nitrogens is 1. The molecule has 0 unspecified atom stereocenters. The molecule has 5 nitrogen and oxygen atoms in total. The lowest BCUT2D eigenvalue weighted by atomic mass is 10.1. The highest BCUT2D eigenvalue weighted by atomic mass is 19.1. The number of hydrogen-bond donors (Lipinski definition) is 0. The summed E-state index contributed by atoms with van der Waals surface area (Å²) >= 11 is 0. The molecule has 25 heavy (non-hydrogen) atoms. The van der Waals surface area contributed by atoms with Crippen LogP contribution in [0.4, 0.5) is 4.39 Å². The largest absolute Gasteiger partial charge is 0.420 e. The van der Waals surface area contributed by atoms with Crippen LogP contribution in [-0.2, 0) is 6.54 Å². The van der Waals surface area contributed by atoms with Crippen molar-refractivity contribution in [3.63, 3.8) is 0 Å². The molecule has 4 rings (SSSR count). The van der Waals surface area contributed by atoms with Gasteiger partial charge in [-0.1, -0.05) is 24.3 Å². The van der Waals surface area contributed by atoms with Crippen molar-refractivity contribution in [1.82, 2.24) is 9.47 Å². The number of fused-ring (bicyclic) bond motifs is 1. The van der Waals surface area contributed by atoms with E-state index in [1.54, 1.807) is 33.7 Å². The molecule has 1 saturated heterocycles. The maximum Gasteiger partial charge on any atom is 0.420 e. The summed E-state index contributed by atoms with van der Waals surface area (Å²) in [5.74, 6) is -1.29. The molecule has 1 aliphatic heterocycles. The fraction of sp³-hybridized carbons (Fsp3) is 0.263. The summed E-state index contributed by atoms with van der Waals surface area (Å²) in [7, 11) is 0. The van der Waals surface area contributed by atoms with Crippen LogP contribution in [0.15, 0.2) is 57.7 Å². The number of oxazole rings is 1. The number of carbonyl (C=O) groups excluding carboxylic acids is 1. The summed E-state index contributed by atoms with van der Waals surface area (Å²) in [5, 5.41) is 0. The van der Waals surface area contributed by atoms with Crippen LogP contribution in [0.2, 0.25) is 0 Å². The van der Waals surface area contributed by atoms with Crippen molar-refractivity contribution >= 4 is 17.0 Å². The summed E-state index contributed by atoms with van der Waals surface area (Å²) < 4.78 is 20.8. The molecule has 0 aliphatic carbocycles. The van der Waals surface area contributed by atoms with Gasteiger partial charge < -0.3 is 9.32 Å². The molecular weight excluding hydrogens is 323 g/mol. The zero-order valence-electron chi connectivity index (χ0n) is 13.5. The van der Waals surface area contributed by atoms with E-state index < -0.39 is 11.6 Å². The first-order valence-electron chi connectivity index (χ1n) is 8.29. The minimum absolute atomic E-state index is 0.0683. The van der Waals surface area contributed by atoms with Gasteiger partial charge in [-0.3, -0.25) is 9.36 Å². The van der Waals surface area contributed by atoms with Crippen molar-refractivity contribution in [1.29, 1.82) is 0 Å². The zero-order chi connectivity index (χ0) is 17.4. The molecule has 1 atom stereocenters. The van der Waals surface area contributed by atoms with E-state index in [2.05, 4.69) is 0 Å². The van der Waals surface area contributed by atoms with E-state index in [9.17, 15) is 14.0 Å². The first-order valence-corrected chi connectivity index (χ1v) is 8.29. The second kappa shape index (κ2) is 6.20. The second-order valence-corrected chi connectivity index (χ2v) is 6.22. The summed E-state index contributed by atoms with van der Waals surface area (Å²) in [6, 6.07) is 13.0. The van der Waals surface area contributed by atoms with E-state index in [1.165, 1.54) is 12.1 Å². The monoisotopic (exact) mass is 340 g/mol. The van der Waals surface area contributed by atoms with E-state index in [0.29, 0.717) is 24.2 Å². The van der Waals surface area contributed by atoms with E-state index in [0.717, 1.165) is 12.8 Å². The van der Waals surface area contributed by atoms with Crippen LogP contribution < -0.4 is 5.76 Å². The van der Waals surface area contributed by atoms with E-state index in [-0.39, 0.29) is 17.5 Å². The van der Waals surface area contributed by atoms with E-state index in [1.807, 2.05) is 12.1 Å². The molecule has 3 aromatic rings. The van der Waals surface area contributed by atoms with Gasteiger partial charge in [-0.15, -0.1) is 0 Å². The third kappa shape index (κ3) is 2.73. The molecule has 2 heterocycles. The summed E-state index contributed by atoms with van der Waals surface area (Å²) in [5.41, 5.74) is 1.30. The Morgan fingerprint density at radius 1 is 1.16 bits per heavy atom. The number of para-hydroxylation sites is 2. The summed E-state index contributed by atoms with van der Waals surface area (Å²) in [6.07, 6.45) is 1.60. The van der Waals surface area contributed by atoms with Gasteiger partial charge in [0.2, 0.25) is 0 Å². The smallest absolute Gasteiger partial charge is 0.408 e. The highest BCUT2D eigenvalue weighted by Gasteiger charge is 2.31. The molecule has 1 amide bonds. The maximum atomic E-state index is 14.0. The van der Waals surface area contributed by atoms with Crippen LogP contribution in [-0.4, -0.2) is 28.0 Å². The third-order valence-corrected chi connectivity index (χ3v) is 4.71. The van der Waals surface area contributed by atoms with Crippen molar-refractivity contribution in [3.05, 3.63) is 70.5 Å². The molecule has 2 aromatic carbocycles. The molecule has 0 radical (unpaired) electrons. The number of rotatable bonds is 3. The van der Waals surface area contributed by atoms with Crippen LogP contribution in [0.1, 0.15) is 23.2 Å². The van der Waals surface area contributed by atoms with Crippen molar-refractivity contribution in [2.75, 3.05) is 6.54 Å². The van der Waals surface area contributed by atoms with Gasteiger partial charge in [-0.25, -0.2) is 9.18 Å². The van der Waals surface area contributed by atoms with Gasteiger partial charge in [0, 0.05) is 13.1 Å². The van der Waals surface area contributed by atoms with Gasteiger partial charge in [-0.05, 0) is 37.1 Å². The number of nitrogens with zero attached hydrogens (tertiary/aromatic N) is 2. The second-order valence-electron chi connectivity index (χ2n) is 6.22. The Kier molecular flexibility index (Phi) is 3.87. The fourth-order valence-corrected chi connectivity index (χ4v) is 3.48. The third-order valence-electron chi connectivity index (χ3n) is 4.71. The summed E-state index contributed by atoms with van der Waals surface area (Å²) in [4.78, 5) is 26.5. The predicted octanol–water partition coefficient (Wildman–Crippen LogP) is 3.04. The van der Waals surface area contributed by atoms with Crippen LogP contribution in [0.25, 0.3) is 11.1 Å². The van der Waals surface area contributed by atoms with Gasteiger partial charge in [0.1, 0.15) is 5.82 Å². The molecule has 6 heteroatoms. The minimum atomic E-state index is -0.524. The topological polar surface area (TPSA) is 55.5 Å². The van der Waals surface area contributed by atoms with Gasteiger partial charge in [0.25, 0.3) is 5.91 Å². The average molecular weight is 340 g/mol. The van der Waals surface area contributed by atoms with E-state index >= 15 is 0 Å². The molecule has 1 fully saturated rings. The molecule has 0 N–H and O–H groups in total. The Bertz CT molecular complexity index is 991. The number of likely N-dealkylation sites (tertiary alicyclic amines) is 1. The Hall–Kier alpha value is -2.89. The van der Waals surface area contributed by atoms with Gasteiger partial charge in [0.15, 0.2) is 5.58 Å². The molecular formula is C19H17FN2O3. The molecule has 0 saturated carbocycles. The highest BCUT2D eigenvalue weighted by Crippen LogP contribution is 2.23. The van der Waals surface area contributed by atoms with Crippen LogP contribution in [0.5, 0.6) is 0 Å². The standard InChI is InChI=1S/C19H17FN2O3/c20-15-8-2-1-7-14(15)18(23)21-11-5-6-13(21)12-22-16-9-3-4-10-17(16)25-19(22)24/h1-4,7-10,13H,5-6,11-12H2/t13-/m1/s1. The molecule has 128 valence electrons. The van der Waals surface area contributed by atoms with Crippen LogP contribution >= 0.6 is 0 Å². The highest BCUT2D eigenvalue weighted by molar-refractivity contribution is 5.94. The number of carbonyl (C=O) groups is 1. The SMILES string of the molecule is O=C(c1ccccc1F)N1CCC[C@@H]1Cn1c(=O)oc2ccccc21. The molecule has 0 bridgehead atoms. The average Bonchev–Trinajstić information content (AvgIpc) is 3.20. The first kappa shape index (κ1) is 15.6. The Balaban J connectivity index is 1.64. The quantitative estimate of drug-likeness (QED) is 0.736. The minimum Gasteiger partial charge on any atom is -0.408 e. The van der Waals surface area contributed by atoms with Crippen molar-refractivity contribution in [3.8, 4) is 0 Å². The Labute approximate surface area is 143 Å². The predicted molar refractivity (Wildman–Crippen MR) is 90.9 cm³/mol. The van der Waals surface area contributed by atoms with Crippen LogP contribution in [0, 0.1) is 5.82 Å². The number of hydrogen-bond acceptors (Lipinski definition) is 3. The molecule has 1 aliphatic rings. The van der Waals surface area contributed by atoms with Crippen molar-refractivity contribution in [2.45, 2.75) is 25.4 Å². The number of amides is 1. The zero-order valence-corrected chi connectivity index (χ0v) is 13.5. The van der Waals surface area contributed by atoms with Gasteiger partial charge in [-0.2, -0.15) is 0 Å². The normalized spacial score (nSPS) is 17.3. The van der Waals surface area contributed by atoms with Crippen LogP contribution in [0.3, 0.4) is 0 Å². The van der Waals surface area contributed by atoms with E-state index in [4.69, 9.17) is 4.42 Å². The lowest BCUT2D eigenvalue weighted by molar-refractivity contribution is 0.0718. The maximum absolute atomic E-state index is 14.0. The number of halogens is 1. The Morgan fingerprint density at radius 2 is 1.92 bits per heavy atom. The van der Waals surface area contributed by atoms with Gasteiger partial charge >= 0.3 is 5.76 Å². The number of benzene rings is 2. The Morgan fingerprint density at radius 3 is 2.76 bits per heavy atom. The summed E-state index contributed by atoms with van der Waals surface area (Å²) in [6.45, 7) is 0.901. The van der Waals surface area contributed by atoms with Crippen molar-refractivity contribution < 1.29 is 13.6 Å². The molecule has 0 spiro atoms. The molecule has 1 aromatic heterocycles.